The number of likely N-dealkylation sites (tertiary alicyclic amines) is 1. The predicted octanol–water partition coefficient (Wildman–Crippen LogP) is 2.65. The molecular formula is C20H21N5O2. The molecule has 7 heteroatoms. The number of carbonyl (C=O) groups is 1. The number of benzene rings is 1. The van der Waals surface area contributed by atoms with Crippen molar-refractivity contribution in [1.29, 1.82) is 0 Å². The fraction of sp³-hybridized carbons (Fsp3) is 0.300. The molecule has 1 atom stereocenters. The van der Waals surface area contributed by atoms with Crippen LogP contribution in [0.3, 0.4) is 0 Å². The zero-order chi connectivity index (χ0) is 18.6. The fourth-order valence-corrected chi connectivity index (χ4v) is 3.30. The van der Waals surface area contributed by atoms with Crippen molar-refractivity contribution in [3.8, 4) is 11.6 Å². The van der Waals surface area contributed by atoms with E-state index in [1.54, 1.807) is 18.6 Å². The van der Waals surface area contributed by atoms with Gasteiger partial charge in [-0.05, 0) is 43.5 Å². The minimum Gasteiger partial charge on any atom is -0.472 e. The number of ether oxygens (including phenoxy) is 1. The fourth-order valence-electron chi connectivity index (χ4n) is 3.30. The second-order valence-corrected chi connectivity index (χ2v) is 6.64. The summed E-state index contributed by atoms with van der Waals surface area (Å²) in [5.74, 6) is 0.573. The van der Waals surface area contributed by atoms with Crippen molar-refractivity contribution in [3.63, 3.8) is 0 Å². The van der Waals surface area contributed by atoms with E-state index in [-0.39, 0.29) is 12.0 Å². The van der Waals surface area contributed by atoms with Gasteiger partial charge in [0.05, 0.1) is 30.2 Å². The number of aryl methyl sites for hydroxylation is 1. The molecule has 7 nitrogen and oxygen atoms in total. The first-order valence-corrected chi connectivity index (χ1v) is 9.05. The molecule has 1 amide bonds. The molecule has 0 radical (unpaired) electrons. The molecule has 0 N–H and O–H groups in total. The van der Waals surface area contributed by atoms with Gasteiger partial charge in [-0.15, -0.1) is 0 Å². The summed E-state index contributed by atoms with van der Waals surface area (Å²) in [6, 6.07) is 11.2. The lowest BCUT2D eigenvalue weighted by molar-refractivity contribution is 0.0527. The van der Waals surface area contributed by atoms with Gasteiger partial charge >= 0.3 is 0 Å². The molecule has 1 saturated heterocycles. The number of rotatable bonds is 4. The number of aromatic nitrogens is 4. The minimum absolute atomic E-state index is 0.0339. The third-order valence-electron chi connectivity index (χ3n) is 4.61. The Morgan fingerprint density at radius 1 is 1.15 bits per heavy atom. The lowest BCUT2D eigenvalue weighted by Gasteiger charge is -2.33. The number of amides is 1. The van der Waals surface area contributed by atoms with Gasteiger partial charge < -0.3 is 9.64 Å². The molecule has 2 aromatic heterocycles. The number of hydrogen-bond acceptors (Lipinski definition) is 5. The lowest BCUT2D eigenvalue weighted by atomic mass is 10.1. The average molecular weight is 363 g/mol. The Labute approximate surface area is 157 Å². The van der Waals surface area contributed by atoms with E-state index in [0.717, 1.165) is 18.4 Å². The minimum atomic E-state index is -0.0630. The average Bonchev–Trinajstić information content (AvgIpc) is 3.22. The highest BCUT2D eigenvalue weighted by molar-refractivity contribution is 5.97. The van der Waals surface area contributed by atoms with Crippen LogP contribution in [0.15, 0.2) is 55.0 Å². The van der Waals surface area contributed by atoms with Crippen LogP contribution in [0.25, 0.3) is 5.69 Å². The first-order valence-electron chi connectivity index (χ1n) is 9.05. The van der Waals surface area contributed by atoms with Crippen molar-refractivity contribution < 1.29 is 9.53 Å². The van der Waals surface area contributed by atoms with E-state index in [0.29, 0.717) is 30.2 Å². The Kier molecular flexibility index (Phi) is 4.82. The van der Waals surface area contributed by atoms with Crippen LogP contribution in [0.5, 0.6) is 5.88 Å². The molecule has 0 spiro atoms. The van der Waals surface area contributed by atoms with Gasteiger partial charge in [-0.3, -0.25) is 4.79 Å². The van der Waals surface area contributed by atoms with E-state index in [4.69, 9.17) is 4.74 Å². The van der Waals surface area contributed by atoms with Crippen molar-refractivity contribution in [2.75, 3.05) is 13.1 Å². The zero-order valence-electron chi connectivity index (χ0n) is 15.2. The molecule has 0 bridgehead atoms. The first-order chi connectivity index (χ1) is 13.2. The molecule has 0 saturated carbocycles. The van der Waals surface area contributed by atoms with Crippen LogP contribution in [-0.4, -0.2) is 50.0 Å². The number of para-hydroxylation sites is 1. The van der Waals surface area contributed by atoms with Crippen LogP contribution < -0.4 is 4.74 Å². The smallest absolute Gasteiger partial charge is 0.256 e. The highest BCUT2D eigenvalue weighted by Crippen LogP contribution is 2.21. The van der Waals surface area contributed by atoms with Crippen LogP contribution in [0.2, 0.25) is 0 Å². The van der Waals surface area contributed by atoms with E-state index >= 15 is 0 Å². The Hall–Kier alpha value is -3.22. The summed E-state index contributed by atoms with van der Waals surface area (Å²) in [4.78, 5) is 20.7. The van der Waals surface area contributed by atoms with Crippen molar-refractivity contribution in [1.82, 2.24) is 24.9 Å². The number of hydrogen-bond donors (Lipinski definition) is 0. The molecule has 1 aliphatic heterocycles. The van der Waals surface area contributed by atoms with Crippen LogP contribution in [0.4, 0.5) is 0 Å². The normalized spacial score (nSPS) is 16.9. The summed E-state index contributed by atoms with van der Waals surface area (Å²) in [7, 11) is 0. The monoisotopic (exact) mass is 363 g/mol. The van der Waals surface area contributed by atoms with Crippen molar-refractivity contribution in [2.45, 2.75) is 25.9 Å². The van der Waals surface area contributed by atoms with Gasteiger partial charge in [-0.1, -0.05) is 12.1 Å². The van der Waals surface area contributed by atoms with E-state index in [9.17, 15) is 4.79 Å². The van der Waals surface area contributed by atoms with Gasteiger partial charge in [0, 0.05) is 18.8 Å². The van der Waals surface area contributed by atoms with Gasteiger partial charge in [-0.2, -0.15) is 15.0 Å². The SMILES string of the molecule is Cc1ccnc(O[C@@H]2CCCN(C(=O)c3ccccc3-n3nccn3)C2)c1. The summed E-state index contributed by atoms with van der Waals surface area (Å²) in [5, 5.41) is 8.31. The van der Waals surface area contributed by atoms with Crippen LogP contribution in [-0.2, 0) is 0 Å². The Balaban J connectivity index is 1.51. The van der Waals surface area contributed by atoms with Crippen LogP contribution in [0, 0.1) is 6.92 Å². The zero-order valence-corrected chi connectivity index (χ0v) is 15.2. The van der Waals surface area contributed by atoms with Crippen molar-refractivity contribution >= 4 is 5.91 Å². The quantitative estimate of drug-likeness (QED) is 0.712. The second-order valence-electron chi connectivity index (χ2n) is 6.64. The Morgan fingerprint density at radius 2 is 1.96 bits per heavy atom. The Morgan fingerprint density at radius 3 is 2.78 bits per heavy atom. The standard InChI is InChI=1S/C20H21N5O2/c1-15-8-9-21-19(13-15)27-16-5-4-12-24(14-16)20(26)17-6-2-3-7-18(17)25-22-10-11-23-25/h2-3,6-11,13,16H,4-5,12,14H2,1H3/t16-/m1/s1. The summed E-state index contributed by atoms with van der Waals surface area (Å²) in [5.41, 5.74) is 2.36. The molecule has 0 aliphatic carbocycles. The maximum atomic E-state index is 13.2. The van der Waals surface area contributed by atoms with Gasteiger partial charge in [0.15, 0.2) is 0 Å². The summed E-state index contributed by atoms with van der Waals surface area (Å²) in [6.07, 6.45) is 6.67. The van der Waals surface area contributed by atoms with Gasteiger partial charge in [0.1, 0.15) is 6.10 Å². The maximum absolute atomic E-state index is 13.2. The molecule has 1 aliphatic rings. The molecule has 27 heavy (non-hydrogen) atoms. The van der Waals surface area contributed by atoms with E-state index in [1.165, 1.54) is 4.80 Å². The molecule has 1 fully saturated rings. The molecule has 138 valence electrons. The third kappa shape index (κ3) is 3.81. The van der Waals surface area contributed by atoms with Gasteiger partial charge in [-0.25, -0.2) is 4.98 Å². The third-order valence-corrected chi connectivity index (χ3v) is 4.61. The molecular weight excluding hydrogens is 342 g/mol. The molecule has 4 rings (SSSR count). The topological polar surface area (TPSA) is 73.1 Å². The number of carbonyl (C=O) groups excluding carboxylic acids is 1. The van der Waals surface area contributed by atoms with Crippen LogP contribution in [0.1, 0.15) is 28.8 Å². The van der Waals surface area contributed by atoms with Crippen LogP contribution >= 0.6 is 0 Å². The highest BCUT2D eigenvalue weighted by atomic mass is 16.5. The number of piperidine rings is 1. The second kappa shape index (κ2) is 7.57. The van der Waals surface area contributed by atoms with Gasteiger partial charge in [0.2, 0.25) is 5.88 Å². The summed E-state index contributed by atoms with van der Waals surface area (Å²) >= 11 is 0. The van der Waals surface area contributed by atoms with E-state index in [2.05, 4.69) is 15.2 Å². The van der Waals surface area contributed by atoms with Gasteiger partial charge in [0.25, 0.3) is 5.91 Å². The van der Waals surface area contributed by atoms with Crippen molar-refractivity contribution in [2.24, 2.45) is 0 Å². The molecule has 1 aromatic carbocycles. The summed E-state index contributed by atoms with van der Waals surface area (Å²) in [6.45, 7) is 3.25. The maximum Gasteiger partial charge on any atom is 0.256 e. The lowest BCUT2D eigenvalue weighted by Crippen LogP contribution is -2.44. The van der Waals surface area contributed by atoms with Crippen molar-refractivity contribution in [3.05, 3.63) is 66.1 Å². The summed E-state index contributed by atoms with van der Waals surface area (Å²) < 4.78 is 6.02. The largest absolute Gasteiger partial charge is 0.472 e. The predicted molar refractivity (Wildman–Crippen MR) is 99.9 cm³/mol. The number of pyridine rings is 1. The molecule has 3 aromatic rings. The highest BCUT2D eigenvalue weighted by Gasteiger charge is 2.27. The molecule has 0 unspecified atom stereocenters. The van der Waals surface area contributed by atoms with E-state index in [1.807, 2.05) is 48.2 Å². The first kappa shape index (κ1) is 17.2. The molecule has 3 heterocycles. The van der Waals surface area contributed by atoms with E-state index < -0.39 is 0 Å². The Bertz CT molecular complexity index is 926. The number of nitrogens with zero attached hydrogens (tertiary/aromatic N) is 5.